The largest absolute Gasteiger partial charge is 0.494 e. The highest BCUT2D eigenvalue weighted by Crippen LogP contribution is 2.29. The summed E-state index contributed by atoms with van der Waals surface area (Å²) in [5, 5.41) is 9.04. The Kier molecular flexibility index (Phi) is 4.83. The lowest BCUT2D eigenvalue weighted by molar-refractivity contribution is -0.141. The van der Waals surface area contributed by atoms with Crippen molar-refractivity contribution >= 4 is 11.9 Å². The molecule has 1 N–H and O–H groups in total. The summed E-state index contributed by atoms with van der Waals surface area (Å²) in [5.41, 5.74) is 0.547. The van der Waals surface area contributed by atoms with Crippen LogP contribution < -0.4 is 4.74 Å². The molecule has 0 aliphatic heterocycles. The Morgan fingerprint density at radius 3 is 2.71 bits per heavy atom. The zero-order valence-electron chi connectivity index (χ0n) is 12.4. The maximum atomic E-state index is 12.6. The molecule has 1 aromatic carbocycles. The topological polar surface area (TPSA) is 66.8 Å². The van der Waals surface area contributed by atoms with E-state index in [0.717, 1.165) is 12.8 Å². The molecule has 0 spiro atoms. The summed E-state index contributed by atoms with van der Waals surface area (Å²) >= 11 is 0. The van der Waals surface area contributed by atoms with Crippen LogP contribution in [0.15, 0.2) is 24.3 Å². The number of aliphatic carboxylic acids is 1. The normalized spacial score (nSPS) is 15.3. The molecule has 1 aliphatic carbocycles. The van der Waals surface area contributed by atoms with E-state index < -0.39 is 11.9 Å². The molecule has 0 aromatic heterocycles. The van der Waals surface area contributed by atoms with Gasteiger partial charge in [-0.3, -0.25) is 9.59 Å². The molecule has 5 heteroatoms. The van der Waals surface area contributed by atoms with Gasteiger partial charge in [-0.05, 0) is 38.0 Å². The number of carbonyl (C=O) groups excluding carboxylic acids is 1. The van der Waals surface area contributed by atoms with Crippen LogP contribution in [0.5, 0.6) is 5.75 Å². The highest BCUT2D eigenvalue weighted by Gasteiger charge is 2.34. The molecular weight excluding hydrogens is 270 g/mol. The molecule has 1 aromatic rings. The number of amides is 1. The molecule has 1 unspecified atom stereocenters. The summed E-state index contributed by atoms with van der Waals surface area (Å²) < 4.78 is 5.41. The van der Waals surface area contributed by atoms with E-state index in [0.29, 0.717) is 17.9 Å². The fourth-order valence-corrected chi connectivity index (χ4v) is 2.21. The lowest BCUT2D eigenvalue weighted by atomic mass is 10.1. The van der Waals surface area contributed by atoms with E-state index in [1.165, 1.54) is 0 Å². The standard InChI is InChI=1S/C16H21NO4/c1-3-21-14-6-4-5-12(9-14)15(18)17(13-7-8-13)10-11(2)16(19)20/h4-6,9,11,13H,3,7-8,10H2,1-2H3,(H,19,20). The summed E-state index contributed by atoms with van der Waals surface area (Å²) in [5.74, 6) is -0.904. The number of hydrogen-bond acceptors (Lipinski definition) is 3. The van der Waals surface area contributed by atoms with Crippen LogP contribution in [-0.2, 0) is 4.79 Å². The first kappa shape index (κ1) is 15.4. The predicted molar refractivity (Wildman–Crippen MR) is 78.5 cm³/mol. The van der Waals surface area contributed by atoms with Gasteiger partial charge < -0.3 is 14.7 Å². The highest BCUT2D eigenvalue weighted by molar-refractivity contribution is 5.95. The number of carboxylic acid groups (broad SMARTS) is 1. The average Bonchev–Trinajstić information content (AvgIpc) is 3.29. The van der Waals surface area contributed by atoms with Crippen LogP contribution in [0, 0.1) is 5.92 Å². The van der Waals surface area contributed by atoms with Crippen LogP contribution in [-0.4, -0.2) is 41.1 Å². The third-order valence-corrected chi connectivity index (χ3v) is 3.53. The average molecular weight is 291 g/mol. The van der Waals surface area contributed by atoms with Crippen molar-refractivity contribution in [3.8, 4) is 5.75 Å². The lowest BCUT2D eigenvalue weighted by Gasteiger charge is -2.24. The van der Waals surface area contributed by atoms with Gasteiger partial charge in [0.25, 0.3) is 5.91 Å². The monoisotopic (exact) mass is 291 g/mol. The van der Waals surface area contributed by atoms with Crippen molar-refractivity contribution in [3.63, 3.8) is 0 Å². The number of benzene rings is 1. The van der Waals surface area contributed by atoms with Crippen LogP contribution >= 0.6 is 0 Å². The van der Waals surface area contributed by atoms with Crippen molar-refractivity contribution in [1.29, 1.82) is 0 Å². The first-order valence-corrected chi connectivity index (χ1v) is 7.29. The van der Waals surface area contributed by atoms with Crippen molar-refractivity contribution in [2.75, 3.05) is 13.2 Å². The third kappa shape index (κ3) is 3.97. The van der Waals surface area contributed by atoms with Crippen LogP contribution in [0.3, 0.4) is 0 Å². The number of carbonyl (C=O) groups is 2. The van der Waals surface area contributed by atoms with Gasteiger partial charge in [0, 0.05) is 18.2 Å². The minimum atomic E-state index is -0.878. The Hall–Kier alpha value is -2.04. The first-order chi connectivity index (χ1) is 10.0. The molecule has 0 saturated heterocycles. The molecule has 1 fully saturated rings. The number of carboxylic acids is 1. The van der Waals surface area contributed by atoms with Crippen molar-refractivity contribution in [2.45, 2.75) is 32.7 Å². The van der Waals surface area contributed by atoms with Crippen molar-refractivity contribution < 1.29 is 19.4 Å². The SMILES string of the molecule is CCOc1cccc(C(=O)N(CC(C)C(=O)O)C2CC2)c1. The maximum absolute atomic E-state index is 12.6. The minimum absolute atomic E-state index is 0.118. The molecule has 1 amide bonds. The fourth-order valence-electron chi connectivity index (χ4n) is 2.21. The molecule has 0 radical (unpaired) electrons. The molecule has 1 atom stereocenters. The van der Waals surface area contributed by atoms with Gasteiger partial charge in [-0.15, -0.1) is 0 Å². The zero-order valence-corrected chi connectivity index (χ0v) is 12.4. The van der Waals surface area contributed by atoms with E-state index in [9.17, 15) is 9.59 Å². The Labute approximate surface area is 124 Å². The van der Waals surface area contributed by atoms with Crippen LogP contribution in [0.25, 0.3) is 0 Å². The van der Waals surface area contributed by atoms with Gasteiger partial charge in [-0.2, -0.15) is 0 Å². The first-order valence-electron chi connectivity index (χ1n) is 7.29. The lowest BCUT2D eigenvalue weighted by Crippen LogP contribution is -2.38. The molecule has 0 heterocycles. The van der Waals surface area contributed by atoms with Gasteiger partial charge in [-0.1, -0.05) is 13.0 Å². The Morgan fingerprint density at radius 2 is 2.14 bits per heavy atom. The molecule has 5 nitrogen and oxygen atoms in total. The second-order valence-corrected chi connectivity index (χ2v) is 5.39. The van der Waals surface area contributed by atoms with E-state index in [2.05, 4.69) is 0 Å². The second-order valence-electron chi connectivity index (χ2n) is 5.39. The van der Waals surface area contributed by atoms with Gasteiger partial charge in [-0.25, -0.2) is 0 Å². The number of rotatable bonds is 7. The van der Waals surface area contributed by atoms with E-state index >= 15 is 0 Å². The van der Waals surface area contributed by atoms with Crippen LogP contribution in [0.4, 0.5) is 0 Å². The number of hydrogen-bond donors (Lipinski definition) is 1. The Bertz CT molecular complexity index is 525. The van der Waals surface area contributed by atoms with Crippen LogP contribution in [0.1, 0.15) is 37.0 Å². The van der Waals surface area contributed by atoms with E-state index in [1.807, 2.05) is 13.0 Å². The molecule has 0 bridgehead atoms. The van der Waals surface area contributed by atoms with Crippen molar-refractivity contribution in [3.05, 3.63) is 29.8 Å². The van der Waals surface area contributed by atoms with E-state index in [1.54, 1.807) is 30.0 Å². The van der Waals surface area contributed by atoms with Gasteiger partial charge in [0.2, 0.25) is 0 Å². The molecule has 1 aliphatic rings. The van der Waals surface area contributed by atoms with Crippen LogP contribution in [0.2, 0.25) is 0 Å². The number of nitrogens with zero attached hydrogens (tertiary/aromatic N) is 1. The smallest absolute Gasteiger partial charge is 0.308 e. The minimum Gasteiger partial charge on any atom is -0.494 e. The summed E-state index contributed by atoms with van der Waals surface area (Å²) in [6.45, 7) is 4.30. The quantitative estimate of drug-likeness (QED) is 0.837. The summed E-state index contributed by atoms with van der Waals surface area (Å²) in [6, 6.07) is 7.22. The van der Waals surface area contributed by atoms with E-state index in [-0.39, 0.29) is 18.5 Å². The van der Waals surface area contributed by atoms with Gasteiger partial charge in [0.15, 0.2) is 0 Å². The second kappa shape index (κ2) is 6.61. The molecule has 114 valence electrons. The predicted octanol–water partition coefficient (Wildman–Crippen LogP) is 2.41. The maximum Gasteiger partial charge on any atom is 0.308 e. The zero-order chi connectivity index (χ0) is 15.4. The Morgan fingerprint density at radius 1 is 1.43 bits per heavy atom. The summed E-state index contributed by atoms with van der Waals surface area (Å²) in [4.78, 5) is 25.3. The Balaban J connectivity index is 2.14. The molecule has 1 saturated carbocycles. The van der Waals surface area contributed by atoms with Gasteiger partial charge >= 0.3 is 5.97 Å². The molecule has 2 rings (SSSR count). The van der Waals surface area contributed by atoms with Crippen molar-refractivity contribution in [2.24, 2.45) is 5.92 Å². The summed E-state index contributed by atoms with van der Waals surface area (Å²) in [7, 11) is 0. The number of ether oxygens (including phenoxy) is 1. The van der Waals surface area contributed by atoms with E-state index in [4.69, 9.17) is 9.84 Å². The summed E-state index contributed by atoms with van der Waals surface area (Å²) in [6.07, 6.45) is 1.90. The van der Waals surface area contributed by atoms with Gasteiger partial charge in [0.1, 0.15) is 5.75 Å². The third-order valence-electron chi connectivity index (χ3n) is 3.53. The highest BCUT2D eigenvalue weighted by atomic mass is 16.5. The molecular formula is C16H21NO4. The molecule has 21 heavy (non-hydrogen) atoms. The van der Waals surface area contributed by atoms with Gasteiger partial charge in [0.05, 0.1) is 12.5 Å². The van der Waals surface area contributed by atoms with Crippen molar-refractivity contribution in [1.82, 2.24) is 4.90 Å². The fraction of sp³-hybridized carbons (Fsp3) is 0.500.